The van der Waals surface area contributed by atoms with Gasteiger partial charge in [-0.1, -0.05) is 35.3 Å². The predicted molar refractivity (Wildman–Crippen MR) is 110 cm³/mol. The SMILES string of the molecule is Cc1ccc(NC(=O)c2ccc(=O)n(Cc3ccc(Cl)cc3Cl)c2)cc1C. The van der Waals surface area contributed by atoms with Crippen LogP contribution in [0.25, 0.3) is 0 Å². The maximum atomic E-state index is 12.6. The van der Waals surface area contributed by atoms with Crippen molar-refractivity contribution in [3.05, 3.63) is 97.4 Å². The average Bonchev–Trinajstić information content (AvgIpc) is 2.62. The van der Waals surface area contributed by atoms with E-state index in [2.05, 4.69) is 5.32 Å². The van der Waals surface area contributed by atoms with Gasteiger partial charge in [0.15, 0.2) is 0 Å². The van der Waals surface area contributed by atoms with Crippen molar-refractivity contribution in [1.82, 2.24) is 4.57 Å². The number of aryl methyl sites for hydroxylation is 2. The molecule has 2 aromatic carbocycles. The highest BCUT2D eigenvalue weighted by Crippen LogP contribution is 2.21. The van der Waals surface area contributed by atoms with Crippen LogP contribution < -0.4 is 10.9 Å². The molecule has 1 heterocycles. The van der Waals surface area contributed by atoms with E-state index < -0.39 is 0 Å². The molecular weight excluding hydrogens is 383 g/mol. The number of carbonyl (C=O) groups excluding carboxylic acids is 1. The molecule has 6 heteroatoms. The van der Waals surface area contributed by atoms with E-state index in [1.165, 1.54) is 22.9 Å². The van der Waals surface area contributed by atoms with Crippen LogP contribution in [0.15, 0.2) is 59.5 Å². The maximum Gasteiger partial charge on any atom is 0.257 e. The highest BCUT2D eigenvalue weighted by atomic mass is 35.5. The summed E-state index contributed by atoms with van der Waals surface area (Å²) in [4.78, 5) is 24.7. The molecule has 0 atom stereocenters. The summed E-state index contributed by atoms with van der Waals surface area (Å²) < 4.78 is 1.45. The maximum absolute atomic E-state index is 12.6. The fraction of sp³-hybridized carbons (Fsp3) is 0.143. The largest absolute Gasteiger partial charge is 0.322 e. The van der Waals surface area contributed by atoms with E-state index in [4.69, 9.17) is 23.2 Å². The fourth-order valence-electron chi connectivity index (χ4n) is 2.65. The third-order valence-electron chi connectivity index (χ3n) is 4.37. The van der Waals surface area contributed by atoms with E-state index >= 15 is 0 Å². The Kier molecular flexibility index (Phi) is 5.68. The Morgan fingerprint density at radius 2 is 1.78 bits per heavy atom. The first-order valence-electron chi connectivity index (χ1n) is 8.36. The minimum Gasteiger partial charge on any atom is -0.322 e. The molecule has 0 spiro atoms. The van der Waals surface area contributed by atoms with Crippen molar-refractivity contribution in [2.24, 2.45) is 0 Å². The number of pyridine rings is 1. The number of rotatable bonds is 4. The van der Waals surface area contributed by atoms with Gasteiger partial charge in [-0.2, -0.15) is 0 Å². The summed E-state index contributed by atoms with van der Waals surface area (Å²) in [6.07, 6.45) is 1.53. The smallest absolute Gasteiger partial charge is 0.257 e. The second-order valence-electron chi connectivity index (χ2n) is 6.37. The lowest BCUT2D eigenvalue weighted by Gasteiger charge is -2.11. The van der Waals surface area contributed by atoms with Gasteiger partial charge in [0, 0.05) is 28.0 Å². The second kappa shape index (κ2) is 7.99. The van der Waals surface area contributed by atoms with E-state index in [1.54, 1.807) is 18.2 Å². The van der Waals surface area contributed by atoms with E-state index in [9.17, 15) is 9.59 Å². The van der Waals surface area contributed by atoms with Gasteiger partial charge in [0.2, 0.25) is 0 Å². The number of carbonyl (C=O) groups is 1. The molecule has 0 saturated heterocycles. The molecule has 138 valence electrons. The van der Waals surface area contributed by atoms with Crippen LogP contribution in [0.5, 0.6) is 0 Å². The summed E-state index contributed by atoms with van der Waals surface area (Å²) in [5.74, 6) is -0.283. The Morgan fingerprint density at radius 3 is 2.48 bits per heavy atom. The van der Waals surface area contributed by atoms with Gasteiger partial charge >= 0.3 is 0 Å². The molecule has 0 fully saturated rings. The van der Waals surface area contributed by atoms with Gasteiger partial charge in [0.05, 0.1) is 12.1 Å². The topological polar surface area (TPSA) is 51.1 Å². The fourth-order valence-corrected chi connectivity index (χ4v) is 3.11. The molecule has 0 aliphatic carbocycles. The summed E-state index contributed by atoms with van der Waals surface area (Å²) in [6, 6.07) is 13.7. The van der Waals surface area contributed by atoms with Gasteiger partial charge in [0.25, 0.3) is 11.5 Å². The van der Waals surface area contributed by atoms with Crippen molar-refractivity contribution < 1.29 is 4.79 Å². The Hall–Kier alpha value is -2.56. The molecule has 0 unspecified atom stereocenters. The van der Waals surface area contributed by atoms with Gasteiger partial charge in [-0.05, 0) is 60.9 Å². The molecule has 0 bridgehead atoms. The average molecular weight is 401 g/mol. The normalized spacial score (nSPS) is 10.7. The minimum absolute atomic E-state index is 0.219. The van der Waals surface area contributed by atoms with Crippen molar-refractivity contribution in [1.29, 1.82) is 0 Å². The molecule has 27 heavy (non-hydrogen) atoms. The van der Waals surface area contributed by atoms with Gasteiger partial charge < -0.3 is 9.88 Å². The monoisotopic (exact) mass is 400 g/mol. The number of anilines is 1. The number of hydrogen-bond donors (Lipinski definition) is 1. The number of benzene rings is 2. The Bertz CT molecular complexity index is 1070. The molecule has 0 aliphatic rings. The molecule has 0 saturated carbocycles. The summed E-state index contributed by atoms with van der Waals surface area (Å²) >= 11 is 12.1. The summed E-state index contributed by atoms with van der Waals surface area (Å²) in [7, 11) is 0. The zero-order valence-electron chi connectivity index (χ0n) is 14.9. The summed E-state index contributed by atoms with van der Waals surface area (Å²) in [6.45, 7) is 4.25. The number of amides is 1. The molecule has 0 radical (unpaired) electrons. The quantitative estimate of drug-likeness (QED) is 0.664. The first-order valence-corrected chi connectivity index (χ1v) is 9.12. The van der Waals surface area contributed by atoms with Crippen LogP contribution in [0, 0.1) is 13.8 Å². The molecule has 4 nitrogen and oxygen atoms in total. The van der Waals surface area contributed by atoms with Gasteiger partial charge in [-0.25, -0.2) is 0 Å². The van der Waals surface area contributed by atoms with E-state index in [0.29, 0.717) is 21.3 Å². The van der Waals surface area contributed by atoms with Crippen molar-refractivity contribution >= 4 is 34.8 Å². The molecule has 3 rings (SSSR count). The first-order chi connectivity index (χ1) is 12.8. The zero-order chi connectivity index (χ0) is 19.6. The number of aromatic nitrogens is 1. The molecule has 1 aromatic heterocycles. The van der Waals surface area contributed by atoms with Crippen LogP contribution in [-0.2, 0) is 6.54 Å². The molecule has 0 aliphatic heterocycles. The Morgan fingerprint density at radius 1 is 1.00 bits per heavy atom. The third kappa shape index (κ3) is 4.59. The molecular formula is C21H18Cl2N2O2. The minimum atomic E-state index is -0.283. The summed E-state index contributed by atoms with van der Waals surface area (Å²) in [5.41, 5.74) is 3.87. The molecule has 1 amide bonds. The standard InChI is InChI=1S/C21H18Cl2N2O2/c1-13-3-7-18(9-14(13)2)24-21(27)16-5-8-20(26)25(12-16)11-15-4-6-17(22)10-19(15)23/h3-10,12H,11H2,1-2H3,(H,24,27). The van der Waals surface area contributed by atoms with Crippen LogP contribution in [0.4, 0.5) is 5.69 Å². The van der Waals surface area contributed by atoms with Crippen LogP contribution in [0.3, 0.4) is 0 Å². The van der Waals surface area contributed by atoms with Crippen molar-refractivity contribution in [3.63, 3.8) is 0 Å². The Balaban J connectivity index is 1.84. The van der Waals surface area contributed by atoms with Gasteiger partial charge in [-0.3, -0.25) is 9.59 Å². The molecule has 3 aromatic rings. The lowest BCUT2D eigenvalue weighted by Crippen LogP contribution is -2.22. The number of halogens is 2. The van der Waals surface area contributed by atoms with Gasteiger partial charge in [-0.15, -0.1) is 0 Å². The predicted octanol–water partition coefficient (Wildman–Crippen LogP) is 5.07. The zero-order valence-corrected chi connectivity index (χ0v) is 16.4. The van der Waals surface area contributed by atoms with Gasteiger partial charge in [0.1, 0.15) is 0 Å². The Labute approximate surface area is 167 Å². The van der Waals surface area contributed by atoms with Crippen LogP contribution in [0.1, 0.15) is 27.0 Å². The lowest BCUT2D eigenvalue weighted by molar-refractivity contribution is 0.102. The first kappa shape index (κ1) is 19.2. The number of nitrogens with one attached hydrogen (secondary N) is 1. The third-order valence-corrected chi connectivity index (χ3v) is 4.95. The highest BCUT2D eigenvalue weighted by Gasteiger charge is 2.10. The van der Waals surface area contributed by atoms with Crippen molar-refractivity contribution in [3.8, 4) is 0 Å². The van der Waals surface area contributed by atoms with Crippen LogP contribution in [0.2, 0.25) is 10.0 Å². The number of nitrogens with zero attached hydrogens (tertiary/aromatic N) is 1. The van der Waals surface area contributed by atoms with E-state index in [0.717, 1.165) is 16.7 Å². The van der Waals surface area contributed by atoms with Crippen LogP contribution in [-0.4, -0.2) is 10.5 Å². The second-order valence-corrected chi connectivity index (χ2v) is 7.22. The van der Waals surface area contributed by atoms with Crippen molar-refractivity contribution in [2.75, 3.05) is 5.32 Å². The highest BCUT2D eigenvalue weighted by molar-refractivity contribution is 6.35. The molecule has 1 N–H and O–H groups in total. The number of hydrogen-bond acceptors (Lipinski definition) is 2. The summed E-state index contributed by atoms with van der Waals surface area (Å²) in [5, 5.41) is 3.86. The van der Waals surface area contributed by atoms with Crippen molar-refractivity contribution in [2.45, 2.75) is 20.4 Å². The van der Waals surface area contributed by atoms with E-state index in [1.807, 2.05) is 32.0 Å². The van der Waals surface area contributed by atoms with Crippen LogP contribution >= 0.6 is 23.2 Å². The van der Waals surface area contributed by atoms with E-state index in [-0.39, 0.29) is 18.0 Å². The lowest BCUT2D eigenvalue weighted by atomic mass is 10.1.